The molecule has 0 atom stereocenters. The van der Waals surface area contributed by atoms with Crippen LogP contribution in [0.2, 0.25) is 5.28 Å². The molecule has 0 aliphatic heterocycles. The van der Waals surface area contributed by atoms with E-state index >= 15 is 0 Å². The molecule has 0 unspecified atom stereocenters. The Morgan fingerprint density at radius 1 is 1.30 bits per heavy atom. The van der Waals surface area contributed by atoms with E-state index in [1.165, 1.54) is 32.1 Å². The van der Waals surface area contributed by atoms with Gasteiger partial charge in [0.1, 0.15) is 5.82 Å². The molecular weight excluding hydrogens is 274 g/mol. The van der Waals surface area contributed by atoms with E-state index in [-0.39, 0.29) is 5.28 Å². The van der Waals surface area contributed by atoms with Crippen molar-refractivity contribution in [3.8, 4) is 0 Å². The number of nitrogens with zero attached hydrogens (tertiary/aromatic N) is 4. The second-order valence-electron chi connectivity index (χ2n) is 5.64. The van der Waals surface area contributed by atoms with Gasteiger partial charge in [0.25, 0.3) is 0 Å². The van der Waals surface area contributed by atoms with Crippen LogP contribution in [-0.4, -0.2) is 33.3 Å². The number of H-pyrrole nitrogens is 1. The maximum Gasteiger partial charge on any atom is 0.226 e. The van der Waals surface area contributed by atoms with Gasteiger partial charge in [-0.1, -0.05) is 13.3 Å². The predicted octanol–water partition coefficient (Wildman–Crippen LogP) is 3.41. The lowest BCUT2D eigenvalue weighted by Crippen LogP contribution is -2.35. The zero-order chi connectivity index (χ0) is 14.1. The molecule has 0 aromatic carbocycles. The number of halogens is 1. The van der Waals surface area contributed by atoms with E-state index in [0.29, 0.717) is 11.7 Å². The minimum absolute atomic E-state index is 0.269. The number of aromatic amines is 1. The average molecular weight is 294 g/mol. The van der Waals surface area contributed by atoms with Crippen molar-refractivity contribution in [2.24, 2.45) is 5.92 Å². The molecule has 20 heavy (non-hydrogen) atoms. The highest BCUT2D eigenvalue weighted by Gasteiger charge is 2.25. The van der Waals surface area contributed by atoms with Crippen molar-refractivity contribution in [3.63, 3.8) is 0 Å². The van der Waals surface area contributed by atoms with Gasteiger partial charge in [-0.3, -0.25) is 5.10 Å². The molecule has 1 aliphatic rings. The molecule has 108 valence electrons. The molecule has 0 radical (unpaired) electrons. The highest BCUT2D eigenvalue weighted by Crippen LogP contribution is 2.32. The van der Waals surface area contributed by atoms with Gasteiger partial charge in [-0.15, -0.1) is 0 Å². The van der Waals surface area contributed by atoms with Crippen LogP contribution >= 0.6 is 11.6 Å². The summed E-state index contributed by atoms with van der Waals surface area (Å²) in [5.41, 5.74) is 0.703. The van der Waals surface area contributed by atoms with E-state index in [4.69, 9.17) is 11.6 Å². The van der Waals surface area contributed by atoms with Gasteiger partial charge in [0.05, 0.1) is 11.6 Å². The van der Waals surface area contributed by atoms with Crippen LogP contribution in [-0.2, 0) is 0 Å². The summed E-state index contributed by atoms with van der Waals surface area (Å²) >= 11 is 6.01. The Kier molecular flexibility index (Phi) is 3.78. The summed E-state index contributed by atoms with van der Waals surface area (Å²) in [5, 5.41) is 8.11. The quantitative estimate of drug-likeness (QED) is 0.881. The van der Waals surface area contributed by atoms with E-state index in [1.54, 1.807) is 6.20 Å². The maximum absolute atomic E-state index is 6.01. The standard InChI is InChI=1S/C14H20ClN5/c1-3-9-4-6-10(7-5-9)20(2)13-11-8-16-19-12(11)17-14(15)18-13/h8-10H,3-7H2,1-2H3,(H,16,17,18,19). The molecule has 1 fully saturated rings. The fourth-order valence-electron chi connectivity index (χ4n) is 3.18. The Morgan fingerprint density at radius 2 is 2.05 bits per heavy atom. The van der Waals surface area contributed by atoms with Crippen molar-refractivity contribution in [1.82, 2.24) is 20.2 Å². The first-order valence-corrected chi connectivity index (χ1v) is 7.66. The van der Waals surface area contributed by atoms with Crippen LogP contribution in [0.4, 0.5) is 5.82 Å². The molecule has 1 N–H and O–H groups in total. The van der Waals surface area contributed by atoms with Gasteiger partial charge in [0.15, 0.2) is 5.65 Å². The second-order valence-corrected chi connectivity index (χ2v) is 5.98. The fraction of sp³-hybridized carbons (Fsp3) is 0.643. The van der Waals surface area contributed by atoms with E-state index in [1.807, 2.05) is 0 Å². The van der Waals surface area contributed by atoms with Crippen molar-refractivity contribution in [2.45, 2.75) is 45.1 Å². The van der Waals surface area contributed by atoms with Crippen molar-refractivity contribution in [3.05, 3.63) is 11.5 Å². The second kappa shape index (κ2) is 5.56. The number of aromatic nitrogens is 4. The van der Waals surface area contributed by atoms with Gasteiger partial charge in [-0.25, -0.2) is 0 Å². The first kappa shape index (κ1) is 13.6. The van der Waals surface area contributed by atoms with Gasteiger partial charge in [0.2, 0.25) is 5.28 Å². The molecule has 5 nitrogen and oxygen atoms in total. The van der Waals surface area contributed by atoms with Crippen LogP contribution in [0.3, 0.4) is 0 Å². The van der Waals surface area contributed by atoms with Crippen molar-refractivity contribution in [1.29, 1.82) is 0 Å². The van der Waals surface area contributed by atoms with Crippen LogP contribution in [0.1, 0.15) is 39.0 Å². The van der Waals surface area contributed by atoms with Crippen molar-refractivity contribution >= 4 is 28.5 Å². The first-order chi connectivity index (χ1) is 9.69. The minimum atomic E-state index is 0.269. The summed E-state index contributed by atoms with van der Waals surface area (Å²) in [7, 11) is 2.10. The number of rotatable bonds is 3. The van der Waals surface area contributed by atoms with E-state index in [9.17, 15) is 0 Å². The third kappa shape index (κ3) is 2.46. The molecule has 0 spiro atoms. The minimum Gasteiger partial charge on any atom is -0.356 e. The third-order valence-electron chi connectivity index (χ3n) is 4.54. The van der Waals surface area contributed by atoms with Crippen LogP contribution in [0.15, 0.2) is 6.20 Å². The summed E-state index contributed by atoms with van der Waals surface area (Å²) in [6.45, 7) is 2.29. The van der Waals surface area contributed by atoms with E-state index in [0.717, 1.165) is 17.1 Å². The van der Waals surface area contributed by atoms with Crippen LogP contribution in [0.25, 0.3) is 11.0 Å². The SMILES string of the molecule is CCC1CCC(N(C)c2nc(Cl)nc3[nH]ncc23)CC1. The smallest absolute Gasteiger partial charge is 0.226 e. The zero-order valence-electron chi connectivity index (χ0n) is 11.9. The molecule has 3 rings (SSSR count). The molecule has 1 aliphatic carbocycles. The van der Waals surface area contributed by atoms with E-state index < -0.39 is 0 Å². The highest BCUT2D eigenvalue weighted by molar-refractivity contribution is 6.28. The van der Waals surface area contributed by atoms with Gasteiger partial charge in [0, 0.05) is 13.1 Å². The molecule has 0 amide bonds. The molecular formula is C14H20ClN5. The summed E-state index contributed by atoms with van der Waals surface area (Å²) in [6, 6.07) is 0.530. The van der Waals surface area contributed by atoms with Gasteiger partial charge in [-0.2, -0.15) is 15.1 Å². The number of anilines is 1. The molecule has 0 bridgehead atoms. The molecule has 6 heteroatoms. The Morgan fingerprint density at radius 3 is 2.75 bits per heavy atom. The maximum atomic E-state index is 6.01. The van der Waals surface area contributed by atoms with Crippen molar-refractivity contribution in [2.75, 3.05) is 11.9 Å². The number of hydrogen-bond acceptors (Lipinski definition) is 4. The van der Waals surface area contributed by atoms with Gasteiger partial charge >= 0.3 is 0 Å². The largest absolute Gasteiger partial charge is 0.356 e. The fourth-order valence-corrected chi connectivity index (χ4v) is 3.34. The number of hydrogen-bond donors (Lipinski definition) is 1. The molecule has 2 aromatic rings. The lowest BCUT2D eigenvalue weighted by molar-refractivity contribution is 0.313. The Labute approximate surface area is 123 Å². The van der Waals surface area contributed by atoms with Crippen LogP contribution in [0, 0.1) is 5.92 Å². The summed E-state index contributed by atoms with van der Waals surface area (Å²) < 4.78 is 0. The highest BCUT2D eigenvalue weighted by atomic mass is 35.5. The summed E-state index contributed by atoms with van der Waals surface area (Å²) in [5.74, 6) is 1.77. The average Bonchev–Trinajstić information content (AvgIpc) is 2.94. The topological polar surface area (TPSA) is 57.7 Å². The van der Waals surface area contributed by atoms with Crippen LogP contribution in [0.5, 0.6) is 0 Å². The van der Waals surface area contributed by atoms with Gasteiger partial charge < -0.3 is 4.90 Å². The lowest BCUT2D eigenvalue weighted by Gasteiger charge is -2.35. The molecule has 2 aromatic heterocycles. The third-order valence-corrected chi connectivity index (χ3v) is 4.71. The first-order valence-electron chi connectivity index (χ1n) is 7.28. The Bertz CT molecular complexity index is 588. The predicted molar refractivity (Wildman–Crippen MR) is 81.1 cm³/mol. The number of fused-ring (bicyclic) bond motifs is 1. The zero-order valence-corrected chi connectivity index (χ0v) is 12.7. The molecule has 2 heterocycles. The van der Waals surface area contributed by atoms with Gasteiger partial charge in [-0.05, 0) is 43.2 Å². The molecule has 1 saturated carbocycles. The van der Waals surface area contributed by atoms with Crippen molar-refractivity contribution < 1.29 is 0 Å². The van der Waals surface area contributed by atoms with Crippen LogP contribution < -0.4 is 4.90 Å². The molecule has 0 saturated heterocycles. The number of nitrogens with one attached hydrogen (secondary N) is 1. The Balaban J connectivity index is 1.85. The summed E-state index contributed by atoms with van der Waals surface area (Å²) in [4.78, 5) is 10.8. The van der Waals surface area contributed by atoms with E-state index in [2.05, 4.69) is 39.0 Å². The lowest BCUT2D eigenvalue weighted by atomic mass is 9.84. The Hall–Kier alpha value is -1.36. The monoisotopic (exact) mass is 293 g/mol. The summed E-state index contributed by atoms with van der Waals surface area (Å²) in [6.07, 6.45) is 8.11. The normalized spacial score (nSPS) is 23.1.